The fourth-order valence-corrected chi connectivity index (χ4v) is 6.84. The monoisotopic (exact) mass is 709 g/mol. The van der Waals surface area contributed by atoms with Crippen LogP contribution in [0.4, 0.5) is 0 Å². The molecule has 2 aliphatic rings. The summed E-state index contributed by atoms with van der Waals surface area (Å²) >= 11 is 0. The Hall–Kier alpha value is -3.90. The number of sulfone groups is 1. The average Bonchev–Trinajstić information content (AvgIpc) is 3.34. The van der Waals surface area contributed by atoms with Crippen LogP contribution in [0.3, 0.4) is 0 Å². The van der Waals surface area contributed by atoms with E-state index in [0.717, 1.165) is 33.5 Å². The van der Waals surface area contributed by atoms with Crippen LogP contribution in [0.2, 0.25) is 0 Å². The Bertz CT molecular complexity index is 1940. The summed E-state index contributed by atoms with van der Waals surface area (Å²) in [7, 11) is -3.49. The van der Waals surface area contributed by atoms with Crippen molar-refractivity contribution in [2.75, 3.05) is 0 Å². The first-order valence-electron chi connectivity index (χ1n) is 12.1. The molecule has 2 heterocycles. The van der Waals surface area contributed by atoms with Crippen molar-refractivity contribution in [1.29, 1.82) is 0 Å². The van der Waals surface area contributed by atoms with E-state index >= 15 is 0 Å². The summed E-state index contributed by atoms with van der Waals surface area (Å²) in [6.45, 7) is 2.85. The molecule has 195 valence electrons. The summed E-state index contributed by atoms with van der Waals surface area (Å²) in [5.74, 6) is -0.0625. The van der Waals surface area contributed by atoms with Gasteiger partial charge in [-0.25, -0.2) is 8.42 Å². The Morgan fingerprint density at radius 1 is 0.795 bits per heavy atom. The molecule has 0 fully saturated rings. The number of hydrogen-bond donors (Lipinski definition) is 1. The zero-order valence-electron chi connectivity index (χ0n) is 21.0. The molecule has 7 rings (SSSR count). The Kier molecular flexibility index (Phi) is 6.85. The van der Waals surface area contributed by atoms with E-state index in [2.05, 4.69) is 42.5 Å². The predicted octanol–water partition coefficient (Wildman–Crippen LogP) is 7.20. The SMILES string of the molecule is CC(=O)/C=C(/C)O.O=S1(=O)c2c[c-]c(-c3cc4c5c(cccc5n3)-c3ccccc3-4)cc2-c2ccccc21.[Ir]. The van der Waals surface area contributed by atoms with Crippen LogP contribution in [0.5, 0.6) is 0 Å². The summed E-state index contributed by atoms with van der Waals surface area (Å²) in [4.78, 5) is 15.6. The standard InChI is InChI=1S/C27H14NO2S.C5H8O2.Ir/c29-31(30)25-11-4-3-8-19(25)21-14-16(12-13-26(21)31)24-15-22-18-7-2-1-6-17(18)20-9-5-10-23(28-24)27(20)22;1-4(6)3-5(2)7;/h1-11,13-15H;3,6H,1-2H3;/q-1;;/b;4-3-;. The van der Waals surface area contributed by atoms with Crippen LogP contribution in [-0.2, 0) is 34.7 Å². The van der Waals surface area contributed by atoms with Gasteiger partial charge in [0.15, 0.2) is 15.6 Å². The van der Waals surface area contributed by atoms with Gasteiger partial charge in [0.25, 0.3) is 0 Å². The summed E-state index contributed by atoms with van der Waals surface area (Å²) in [6, 6.07) is 30.6. The number of ketones is 1. The number of allylic oxidation sites excluding steroid dienone is 2. The third-order valence-corrected chi connectivity index (χ3v) is 8.55. The second-order valence-corrected chi connectivity index (χ2v) is 11.2. The quantitative estimate of drug-likeness (QED) is 0.117. The molecule has 0 saturated carbocycles. The van der Waals surface area contributed by atoms with E-state index in [1.807, 2.05) is 30.3 Å². The zero-order valence-corrected chi connectivity index (χ0v) is 24.2. The molecule has 0 amide bonds. The largest absolute Gasteiger partial charge is 0.512 e. The van der Waals surface area contributed by atoms with Gasteiger partial charge in [0.05, 0.1) is 16.2 Å². The molecule has 1 aromatic heterocycles. The number of rotatable bonds is 2. The van der Waals surface area contributed by atoms with Gasteiger partial charge in [0.2, 0.25) is 0 Å². The molecule has 0 bridgehead atoms. The molecule has 0 unspecified atom stereocenters. The molecule has 5 aromatic rings. The molecule has 0 spiro atoms. The number of hydrogen-bond acceptors (Lipinski definition) is 5. The average molecular weight is 709 g/mol. The number of carbonyl (C=O) groups is 1. The number of nitrogens with zero attached hydrogens (tertiary/aromatic N) is 1. The van der Waals surface area contributed by atoms with Crippen LogP contribution in [0.15, 0.2) is 107 Å². The molecule has 7 heteroatoms. The summed E-state index contributed by atoms with van der Waals surface area (Å²) in [5.41, 5.74) is 8.77. The number of benzene rings is 4. The van der Waals surface area contributed by atoms with Gasteiger partial charge < -0.3 is 5.11 Å². The molecule has 39 heavy (non-hydrogen) atoms. The molecule has 1 radical (unpaired) electrons. The van der Waals surface area contributed by atoms with E-state index in [1.165, 1.54) is 42.0 Å². The van der Waals surface area contributed by atoms with E-state index in [0.29, 0.717) is 9.79 Å². The summed E-state index contributed by atoms with van der Waals surface area (Å²) < 4.78 is 25.8. The van der Waals surface area contributed by atoms with Crippen LogP contribution in [0, 0.1) is 6.07 Å². The van der Waals surface area contributed by atoms with Crippen molar-refractivity contribution in [2.24, 2.45) is 0 Å². The number of aliphatic hydroxyl groups excluding tert-OH is 1. The minimum absolute atomic E-state index is 0. The maximum Gasteiger partial charge on any atom is 0.173 e. The minimum atomic E-state index is -3.49. The molecule has 5 nitrogen and oxygen atoms in total. The van der Waals surface area contributed by atoms with Crippen LogP contribution in [0.25, 0.3) is 55.5 Å². The van der Waals surface area contributed by atoms with Crippen LogP contribution >= 0.6 is 0 Å². The topological polar surface area (TPSA) is 84.3 Å². The van der Waals surface area contributed by atoms with Gasteiger partial charge in [0, 0.05) is 31.6 Å². The van der Waals surface area contributed by atoms with Crippen molar-refractivity contribution in [1.82, 2.24) is 4.98 Å². The molecule has 1 aliphatic heterocycles. The van der Waals surface area contributed by atoms with Gasteiger partial charge in [0.1, 0.15) is 0 Å². The maximum absolute atomic E-state index is 12.9. The van der Waals surface area contributed by atoms with Crippen molar-refractivity contribution in [2.45, 2.75) is 23.6 Å². The third kappa shape index (κ3) is 4.43. The van der Waals surface area contributed by atoms with E-state index in [4.69, 9.17) is 10.1 Å². The van der Waals surface area contributed by atoms with Gasteiger partial charge >= 0.3 is 0 Å². The first-order chi connectivity index (χ1) is 18.3. The van der Waals surface area contributed by atoms with Gasteiger partial charge in [-0.3, -0.25) is 9.78 Å². The van der Waals surface area contributed by atoms with Crippen LogP contribution < -0.4 is 0 Å². The van der Waals surface area contributed by atoms with Gasteiger partial charge in [-0.15, -0.1) is 23.8 Å². The van der Waals surface area contributed by atoms with E-state index in [-0.39, 0.29) is 31.6 Å². The number of pyridine rings is 1. The van der Waals surface area contributed by atoms with Crippen LogP contribution in [0.1, 0.15) is 13.8 Å². The molecule has 1 aliphatic carbocycles. The first-order valence-corrected chi connectivity index (χ1v) is 13.6. The molecule has 0 atom stereocenters. The zero-order chi connectivity index (χ0) is 26.6. The summed E-state index contributed by atoms with van der Waals surface area (Å²) in [6.07, 6.45) is 1.17. The van der Waals surface area contributed by atoms with Crippen molar-refractivity contribution in [3.8, 4) is 44.6 Å². The normalized spacial score (nSPS) is 13.4. The number of aromatic nitrogens is 1. The Morgan fingerprint density at radius 3 is 2.10 bits per heavy atom. The van der Waals surface area contributed by atoms with Gasteiger partial charge in [-0.1, -0.05) is 66.2 Å². The third-order valence-electron chi connectivity index (χ3n) is 6.70. The van der Waals surface area contributed by atoms with Crippen molar-refractivity contribution in [3.63, 3.8) is 0 Å². The Morgan fingerprint density at radius 2 is 1.44 bits per heavy atom. The fraction of sp³-hybridized carbons (Fsp3) is 0.0625. The van der Waals surface area contributed by atoms with E-state index in [1.54, 1.807) is 18.2 Å². The minimum Gasteiger partial charge on any atom is -0.512 e. The van der Waals surface area contributed by atoms with Crippen LogP contribution in [-0.4, -0.2) is 24.3 Å². The van der Waals surface area contributed by atoms with Crippen molar-refractivity contribution < 1.29 is 38.4 Å². The molecule has 1 N–H and O–H groups in total. The molecular formula is C32H22IrNO4S-. The molecule has 0 saturated heterocycles. The fourth-order valence-electron chi connectivity index (χ4n) is 5.21. The van der Waals surface area contributed by atoms with Crippen molar-refractivity contribution >= 4 is 26.5 Å². The maximum atomic E-state index is 12.9. The number of carbonyl (C=O) groups excluding carboxylic acids is 1. The second-order valence-electron chi connectivity index (χ2n) is 9.32. The summed E-state index contributed by atoms with van der Waals surface area (Å²) in [5, 5.41) is 9.53. The van der Waals surface area contributed by atoms with Gasteiger partial charge in [-0.2, -0.15) is 0 Å². The molecule has 4 aromatic carbocycles. The molecular weight excluding hydrogens is 687 g/mol. The smallest absolute Gasteiger partial charge is 0.173 e. The first kappa shape index (κ1) is 26.7. The Labute approximate surface area is 240 Å². The van der Waals surface area contributed by atoms with E-state index < -0.39 is 9.84 Å². The Balaban J connectivity index is 0.000000345. The predicted molar refractivity (Wildman–Crippen MR) is 148 cm³/mol. The van der Waals surface area contributed by atoms with E-state index in [9.17, 15) is 13.2 Å². The van der Waals surface area contributed by atoms with Gasteiger partial charge in [-0.05, 0) is 64.4 Å². The number of fused-ring (bicyclic) bond motifs is 6. The number of aliphatic hydroxyl groups is 1. The van der Waals surface area contributed by atoms with Crippen molar-refractivity contribution in [3.05, 3.63) is 103 Å². The second kappa shape index (κ2) is 10.0.